The van der Waals surface area contributed by atoms with Crippen LogP contribution in [0.25, 0.3) is 22.2 Å². The minimum absolute atomic E-state index is 0.405. The molecule has 5 rings (SSSR count). The lowest BCUT2D eigenvalue weighted by atomic mass is 10.1. The second-order valence-electron chi connectivity index (χ2n) is 6.45. The summed E-state index contributed by atoms with van der Waals surface area (Å²) in [7, 11) is 0. The van der Waals surface area contributed by atoms with Crippen molar-refractivity contribution < 1.29 is 4.74 Å². The van der Waals surface area contributed by atoms with Crippen LogP contribution in [0.3, 0.4) is 0 Å². The van der Waals surface area contributed by atoms with Crippen LogP contribution in [0.1, 0.15) is 17.4 Å². The number of hydrogen-bond acceptors (Lipinski definition) is 2. The van der Waals surface area contributed by atoms with Crippen LogP contribution in [0.5, 0.6) is 5.75 Å². The van der Waals surface area contributed by atoms with E-state index < -0.39 is 6.23 Å². The zero-order chi connectivity index (χ0) is 18.5. The Bertz CT molecular complexity index is 1250. The van der Waals surface area contributed by atoms with Gasteiger partial charge in [-0.25, -0.2) is 0 Å². The van der Waals surface area contributed by atoms with E-state index in [4.69, 9.17) is 27.9 Å². The molecule has 0 saturated carbocycles. The molecule has 0 N–H and O–H groups in total. The molecule has 0 spiro atoms. The Kier molecular flexibility index (Phi) is 3.65. The summed E-state index contributed by atoms with van der Waals surface area (Å²) in [5.74, 6) is 0.719. The van der Waals surface area contributed by atoms with Gasteiger partial charge in [-0.3, -0.25) is 0 Å². The van der Waals surface area contributed by atoms with E-state index in [9.17, 15) is 5.26 Å². The van der Waals surface area contributed by atoms with Gasteiger partial charge < -0.3 is 9.30 Å². The van der Waals surface area contributed by atoms with Crippen LogP contribution in [0.15, 0.2) is 66.7 Å². The molecule has 5 heteroatoms. The second-order valence-corrected chi connectivity index (χ2v) is 7.32. The highest BCUT2D eigenvalue weighted by atomic mass is 35.5. The van der Waals surface area contributed by atoms with Crippen molar-refractivity contribution in [3.8, 4) is 23.1 Å². The molecule has 0 unspecified atom stereocenters. The Hall–Kier alpha value is -2.93. The van der Waals surface area contributed by atoms with Gasteiger partial charge in [-0.05, 0) is 54.6 Å². The minimum atomic E-state index is -0.405. The lowest BCUT2D eigenvalue weighted by Crippen LogP contribution is -2.22. The molecule has 3 aromatic carbocycles. The monoisotopic (exact) mass is 390 g/mol. The van der Waals surface area contributed by atoms with Gasteiger partial charge in [0.25, 0.3) is 0 Å². The number of hydrogen-bond donors (Lipinski definition) is 0. The number of halogens is 2. The molecule has 1 aliphatic heterocycles. The summed E-state index contributed by atoms with van der Waals surface area (Å²) >= 11 is 12.4. The molecule has 0 fully saturated rings. The zero-order valence-electron chi connectivity index (χ0n) is 14.0. The van der Waals surface area contributed by atoms with Gasteiger partial charge in [-0.1, -0.05) is 35.3 Å². The molecule has 3 nitrogen and oxygen atoms in total. The van der Waals surface area contributed by atoms with Gasteiger partial charge in [-0.15, -0.1) is 0 Å². The van der Waals surface area contributed by atoms with Gasteiger partial charge in [0, 0.05) is 26.6 Å². The van der Waals surface area contributed by atoms with E-state index in [0.29, 0.717) is 15.6 Å². The van der Waals surface area contributed by atoms with Gasteiger partial charge in [0.1, 0.15) is 5.75 Å². The van der Waals surface area contributed by atoms with E-state index >= 15 is 0 Å². The number of ether oxygens (including phenoxy) is 1. The SMILES string of the molecule is N#Cc1cccc([C@@H]2Oc3cc(Cl)ccc3-c3cc4cc(Cl)ccc4n32)c1. The van der Waals surface area contributed by atoms with Gasteiger partial charge in [0.2, 0.25) is 6.23 Å². The predicted molar refractivity (Wildman–Crippen MR) is 107 cm³/mol. The van der Waals surface area contributed by atoms with Crippen LogP contribution in [-0.4, -0.2) is 4.57 Å². The molecular formula is C22H12Cl2N2O. The maximum atomic E-state index is 9.28. The van der Waals surface area contributed by atoms with Crippen LogP contribution in [0, 0.1) is 11.3 Å². The molecular weight excluding hydrogens is 379 g/mol. The predicted octanol–water partition coefficient (Wildman–Crippen LogP) is 6.43. The molecule has 0 bridgehead atoms. The van der Waals surface area contributed by atoms with Crippen molar-refractivity contribution in [2.45, 2.75) is 6.23 Å². The van der Waals surface area contributed by atoms with E-state index in [-0.39, 0.29) is 0 Å². The maximum absolute atomic E-state index is 9.28. The van der Waals surface area contributed by atoms with E-state index in [0.717, 1.165) is 33.5 Å². The van der Waals surface area contributed by atoms with E-state index in [1.807, 2.05) is 54.6 Å². The van der Waals surface area contributed by atoms with Crippen molar-refractivity contribution in [2.75, 3.05) is 0 Å². The van der Waals surface area contributed by atoms with Crippen molar-refractivity contribution in [3.05, 3.63) is 87.9 Å². The van der Waals surface area contributed by atoms with Crippen molar-refractivity contribution in [3.63, 3.8) is 0 Å². The smallest absolute Gasteiger partial charge is 0.203 e. The second kappa shape index (κ2) is 6.06. The Morgan fingerprint density at radius 1 is 0.926 bits per heavy atom. The highest BCUT2D eigenvalue weighted by Gasteiger charge is 2.29. The molecule has 130 valence electrons. The number of benzene rings is 3. The van der Waals surface area contributed by atoms with Gasteiger partial charge in [0.15, 0.2) is 0 Å². The lowest BCUT2D eigenvalue weighted by molar-refractivity contribution is 0.173. The molecule has 1 aromatic heterocycles. The molecule has 0 saturated heterocycles. The highest BCUT2D eigenvalue weighted by molar-refractivity contribution is 6.31. The Labute approximate surface area is 165 Å². The van der Waals surface area contributed by atoms with Crippen LogP contribution >= 0.6 is 23.2 Å². The fourth-order valence-electron chi connectivity index (χ4n) is 3.62. The fourth-order valence-corrected chi connectivity index (χ4v) is 3.97. The first-order valence-corrected chi connectivity index (χ1v) is 9.17. The van der Waals surface area contributed by atoms with Crippen molar-refractivity contribution in [1.29, 1.82) is 5.26 Å². The number of nitriles is 1. The first-order valence-electron chi connectivity index (χ1n) is 8.41. The third kappa shape index (κ3) is 2.57. The van der Waals surface area contributed by atoms with E-state index in [1.54, 1.807) is 6.07 Å². The lowest BCUT2D eigenvalue weighted by Gasteiger charge is -2.30. The normalized spacial score (nSPS) is 14.9. The molecule has 0 amide bonds. The van der Waals surface area contributed by atoms with Crippen LogP contribution in [0.2, 0.25) is 10.0 Å². The standard InChI is InChI=1S/C22H12Cl2N2O/c23-16-5-7-19-15(9-16)10-20-18-6-4-17(24)11-21(18)27-22(26(19)20)14-3-1-2-13(8-14)12-25/h1-11,22H/t22-/m0/s1. The summed E-state index contributed by atoms with van der Waals surface area (Å²) in [5.41, 5.74) is 4.50. The highest BCUT2D eigenvalue weighted by Crippen LogP contribution is 2.45. The fraction of sp³-hybridized carbons (Fsp3) is 0.0455. The van der Waals surface area contributed by atoms with Crippen molar-refractivity contribution >= 4 is 34.1 Å². The van der Waals surface area contributed by atoms with Crippen molar-refractivity contribution in [2.24, 2.45) is 0 Å². The Morgan fingerprint density at radius 2 is 1.74 bits per heavy atom. The largest absolute Gasteiger partial charge is 0.465 e. The van der Waals surface area contributed by atoms with Gasteiger partial charge in [0.05, 0.1) is 22.8 Å². The van der Waals surface area contributed by atoms with Gasteiger partial charge >= 0.3 is 0 Å². The molecule has 4 aromatic rings. The number of rotatable bonds is 1. The summed E-state index contributed by atoms with van der Waals surface area (Å²) in [6, 6.07) is 23.2. The summed E-state index contributed by atoms with van der Waals surface area (Å²) in [5, 5.41) is 11.6. The summed E-state index contributed by atoms with van der Waals surface area (Å²) in [6.45, 7) is 0. The quantitative estimate of drug-likeness (QED) is 0.375. The summed E-state index contributed by atoms with van der Waals surface area (Å²) < 4.78 is 8.49. The van der Waals surface area contributed by atoms with Gasteiger partial charge in [-0.2, -0.15) is 5.26 Å². The number of fused-ring (bicyclic) bond motifs is 5. The van der Waals surface area contributed by atoms with E-state index in [1.165, 1.54) is 0 Å². The maximum Gasteiger partial charge on any atom is 0.203 e. The topological polar surface area (TPSA) is 37.9 Å². The third-order valence-corrected chi connectivity index (χ3v) is 5.26. The Balaban J connectivity index is 1.82. The molecule has 0 radical (unpaired) electrons. The molecule has 2 heterocycles. The molecule has 0 aliphatic carbocycles. The molecule has 1 atom stereocenters. The minimum Gasteiger partial charge on any atom is -0.465 e. The van der Waals surface area contributed by atoms with E-state index in [2.05, 4.69) is 16.7 Å². The average molecular weight is 391 g/mol. The summed E-state index contributed by atoms with van der Waals surface area (Å²) in [4.78, 5) is 0. The Morgan fingerprint density at radius 3 is 2.59 bits per heavy atom. The molecule has 27 heavy (non-hydrogen) atoms. The average Bonchev–Trinajstić information content (AvgIpc) is 3.05. The van der Waals surface area contributed by atoms with Crippen molar-refractivity contribution in [1.82, 2.24) is 4.57 Å². The molecule has 1 aliphatic rings. The van der Waals surface area contributed by atoms with Crippen LogP contribution < -0.4 is 4.74 Å². The number of aromatic nitrogens is 1. The first-order chi connectivity index (χ1) is 13.1. The van der Waals surface area contributed by atoms with Crippen LogP contribution in [0.4, 0.5) is 0 Å². The third-order valence-electron chi connectivity index (χ3n) is 4.79. The zero-order valence-corrected chi connectivity index (χ0v) is 15.5. The summed E-state index contributed by atoms with van der Waals surface area (Å²) in [6.07, 6.45) is -0.405. The van der Waals surface area contributed by atoms with Crippen LogP contribution in [-0.2, 0) is 0 Å². The number of nitrogens with zero attached hydrogens (tertiary/aromatic N) is 2. The first kappa shape index (κ1) is 16.3.